The summed E-state index contributed by atoms with van der Waals surface area (Å²) in [6.45, 7) is 20.7. The maximum absolute atomic E-state index is 4.48. The second-order valence-corrected chi connectivity index (χ2v) is 8.37. The van der Waals surface area contributed by atoms with Gasteiger partial charge in [-0.25, -0.2) is 0 Å². The minimum Gasteiger partial charge on any atom is -0.370 e. The second kappa shape index (κ2) is 7.95. The van der Waals surface area contributed by atoms with Gasteiger partial charge in [0.2, 0.25) is 0 Å². The van der Waals surface area contributed by atoms with Crippen molar-refractivity contribution in [3.63, 3.8) is 0 Å². The average Bonchev–Trinajstić information content (AvgIpc) is 3.19. The van der Waals surface area contributed by atoms with E-state index in [2.05, 4.69) is 41.7 Å². The first-order valence-corrected chi connectivity index (χ1v) is 10.2. The highest BCUT2D eigenvalue weighted by Crippen LogP contribution is 2.30. The van der Waals surface area contributed by atoms with Gasteiger partial charge < -0.3 is 14.7 Å². The zero-order chi connectivity index (χ0) is 17.1. The molecule has 0 aliphatic carbocycles. The summed E-state index contributed by atoms with van der Waals surface area (Å²) < 4.78 is 0. The molecule has 0 aromatic carbocycles. The van der Waals surface area contributed by atoms with Crippen LogP contribution in [0.1, 0.15) is 52.4 Å². The van der Waals surface area contributed by atoms with Crippen molar-refractivity contribution >= 4 is 0 Å². The second-order valence-electron chi connectivity index (χ2n) is 8.37. The van der Waals surface area contributed by atoms with Gasteiger partial charge in [-0.05, 0) is 56.9 Å². The van der Waals surface area contributed by atoms with Gasteiger partial charge >= 0.3 is 0 Å². The van der Waals surface area contributed by atoms with Crippen molar-refractivity contribution in [3.05, 3.63) is 24.6 Å². The van der Waals surface area contributed by atoms with Crippen LogP contribution in [0.4, 0.5) is 0 Å². The molecule has 0 bridgehead atoms. The molecule has 3 atom stereocenters. The number of likely N-dealkylation sites (tertiary alicyclic amines) is 3. The summed E-state index contributed by atoms with van der Waals surface area (Å²) in [5.74, 6) is 1.57. The largest absolute Gasteiger partial charge is 0.370 e. The molecule has 1 unspecified atom stereocenters. The monoisotopic (exact) mass is 331 g/mol. The predicted molar refractivity (Wildman–Crippen MR) is 103 cm³/mol. The Kier molecular flexibility index (Phi) is 5.91. The van der Waals surface area contributed by atoms with Crippen molar-refractivity contribution in [2.24, 2.45) is 11.8 Å². The number of hydrogen-bond donors (Lipinski definition) is 0. The molecule has 3 heterocycles. The van der Waals surface area contributed by atoms with Crippen LogP contribution in [0.2, 0.25) is 0 Å². The van der Waals surface area contributed by atoms with Crippen LogP contribution >= 0.6 is 0 Å². The van der Waals surface area contributed by atoms with Gasteiger partial charge in [-0.3, -0.25) is 0 Å². The standard InChI is InChI=1S/C21H37N3/c1-5-20-8-6-11-23(19(20)4)15-18(3)24-12-7-9-21(24)16-22-13-10-17(2)14-22/h17,20-21H,3-16H2,1-2H3/t17?,20-,21-/m0/s1. The summed E-state index contributed by atoms with van der Waals surface area (Å²) in [6.07, 6.45) is 7.88. The van der Waals surface area contributed by atoms with Crippen molar-refractivity contribution < 1.29 is 0 Å². The Balaban J connectivity index is 1.54. The Hall–Kier alpha value is -0.960. The molecule has 0 saturated carbocycles. The molecule has 3 fully saturated rings. The lowest BCUT2D eigenvalue weighted by Gasteiger charge is -2.39. The lowest BCUT2D eigenvalue weighted by atomic mass is 9.92. The van der Waals surface area contributed by atoms with Crippen LogP contribution in [0.5, 0.6) is 0 Å². The molecule has 136 valence electrons. The molecule has 3 saturated heterocycles. The third-order valence-electron chi connectivity index (χ3n) is 6.48. The highest BCUT2D eigenvalue weighted by atomic mass is 15.3. The number of nitrogens with zero attached hydrogens (tertiary/aromatic N) is 3. The van der Waals surface area contributed by atoms with Gasteiger partial charge in [-0.1, -0.05) is 27.0 Å². The third kappa shape index (κ3) is 3.99. The number of allylic oxidation sites excluding steroid dienone is 1. The number of rotatable bonds is 6. The zero-order valence-electron chi connectivity index (χ0n) is 16.0. The van der Waals surface area contributed by atoms with E-state index in [-0.39, 0.29) is 0 Å². The fraction of sp³-hybridized carbons (Fsp3) is 0.810. The van der Waals surface area contributed by atoms with Crippen molar-refractivity contribution in [2.75, 3.05) is 39.3 Å². The molecule has 0 amide bonds. The van der Waals surface area contributed by atoms with E-state index in [0.29, 0.717) is 12.0 Å². The van der Waals surface area contributed by atoms with Crippen LogP contribution < -0.4 is 0 Å². The summed E-state index contributed by atoms with van der Waals surface area (Å²) >= 11 is 0. The minimum absolute atomic E-state index is 0.683. The normalized spacial score (nSPS) is 31.9. The summed E-state index contributed by atoms with van der Waals surface area (Å²) in [6, 6.07) is 0.683. The molecular weight excluding hydrogens is 294 g/mol. The van der Waals surface area contributed by atoms with Crippen LogP contribution in [0.15, 0.2) is 24.6 Å². The van der Waals surface area contributed by atoms with Crippen LogP contribution in [0.25, 0.3) is 0 Å². The van der Waals surface area contributed by atoms with Gasteiger partial charge in [0.25, 0.3) is 0 Å². The molecule has 3 nitrogen and oxygen atoms in total. The summed E-state index contributed by atoms with van der Waals surface area (Å²) in [5.41, 5.74) is 2.68. The van der Waals surface area contributed by atoms with E-state index in [9.17, 15) is 0 Å². The Morgan fingerprint density at radius 1 is 1.12 bits per heavy atom. The first kappa shape index (κ1) is 17.8. The summed E-state index contributed by atoms with van der Waals surface area (Å²) in [4.78, 5) is 7.80. The molecule has 3 aliphatic rings. The molecule has 0 aromatic heterocycles. The van der Waals surface area contributed by atoms with E-state index >= 15 is 0 Å². The first-order chi connectivity index (χ1) is 11.6. The van der Waals surface area contributed by atoms with Crippen LogP contribution in [-0.4, -0.2) is 60.0 Å². The molecular formula is C21H37N3. The molecule has 0 spiro atoms. The van der Waals surface area contributed by atoms with E-state index < -0.39 is 0 Å². The van der Waals surface area contributed by atoms with E-state index in [1.807, 2.05) is 0 Å². The van der Waals surface area contributed by atoms with Crippen molar-refractivity contribution in [2.45, 2.75) is 58.4 Å². The smallest absolute Gasteiger partial charge is 0.0569 e. The Labute approximate surface area is 149 Å². The SMILES string of the molecule is C=C1[C@@H](CC)CCCN1CC(=C)N1CCC[C@H]1CN1CCC(C)C1. The van der Waals surface area contributed by atoms with Crippen LogP contribution in [0, 0.1) is 11.8 Å². The van der Waals surface area contributed by atoms with Gasteiger partial charge in [0.1, 0.15) is 0 Å². The fourth-order valence-corrected chi connectivity index (χ4v) is 4.96. The lowest BCUT2D eigenvalue weighted by molar-refractivity contribution is 0.194. The van der Waals surface area contributed by atoms with Crippen LogP contribution in [0.3, 0.4) is 0 Å². The molecule has 24 heavy (non-hydrogen) atoms. The molecule has 0 radical (unpaired) electrons. The maximum atomic E-state index is 4.48. The predicted octanol–water partition coefficient (Wildman–Crippen LogP) is 3.94. The topological polar surface area (TPSA) is 9.72 Å². The van der Waals surface area contributed by atoms with Gasteiger partial charge in [0.15, 0.2) is 0 Å². The van der Waals surface area contributed by atoms with Crippen molar-refractivity contribution in [1.29, 1.82) is 0 Å². The van der Waals surface area contributed by atoms with Gasteiger partial charge in [0, 0.05) is 43.6 Å². The Bertz CT molecular complexity index is 458. The average molecular weight is 332 g/mol. The highest BCUT2D eigenvalue weighted by Gasteiger charge is 2.31. The fourth-order valence-electron chi connectivity index (χ4n) is 4.96. The van der Waals surface area contributed by atoms with E-state index in [0.717, 1.165) is 19.0 Å². The van der Waals surface area contributed by atoms with Gasteiger partial charge in [0.05, 0.1) is 6.54 Å². The van der Waals surface area contributed by atoms with E-state index in [4.69, 9.17) is 0 Å². The molecule has 3 aliphatic heterocycles. The Morgan fingerprint density at radius 2 is 1.92 bits per heavy atom. The van der Waals surface area contributed by atoms with Crippen molar-refractivity contribution in [1.82, 2.24) is 14.7 Å². The summed E-state index contributed by atoms with van der Waals surface area (Å²) in [7, 11) is 0. The van der Waals surface area contributed by atoms with Gasteiger partial charge in [-0.2, -0.15) is 0 Å². The van der Waals surface area contributed by atoms with Crippen LogP contribution in [-0.2, 0) is 0 Å². The molecule has 0 aromatic rings. The number of piperidine rings is 1. The first-order valence-electron chi connectivity index (χ1n) is 10.2. The lowest BCUT2D eigenvalue weighted by Crippen LogP contribution is -2.42. The van der Waals surface area contributed by atoms with Gasteiger partial charge in [-0.15, -0.1) is 0 Å². The number of hydrogen-bond acceptors (Lipinski definition) is 3. The molecule has 3 heteroatoms. The molecule has 3 rings (SSSR count). The van der Waals surface area contributed by atoms with E-state index in [1.54, 1.807) is 0 Å². The zero-order valence-corrected chi connectivity index (χ0v) is 16.0. The molecule has 0 N–H and O–H groups in total. The third-order valence-corrected chi connectivity index (χ3v) is 6.48. The Morgan fingerprint density at radius 3 is 2.62 bits per heavy atom. The van der Waals surface area contributed by atoms with Crippen molar-refractivity contribution in [3.8, 4) is 0 Å². The maximum Gasteiger partial charge on any atom is 0.0569 e. The highest BCUT2D eigenvalue weighted by molar-refractivity contribution is 5.10. The summed E-state index contributed by atoms with van der Waals surface area (Å²) in [5, 5.41) is 0. The minimum atomic E-state index is 0.683. The quantitative estimate of drug-likeness (QED) is 0.730. The van der Waals surface area contributed by atoms with E-state index in [1.165, 1.54) is 76.1 Å².